The second-order valence-corrected chi connectivity index (χ2v) is 6.75. The molecule has 4 rings (SSSR count). The number of halogens is 2. The Labute approximate surface area is 191 Å². The monoisotopic (exact) mass is 455 g/mol. The molecule has 0 amide bonds. The second kappa shape index (κ2) is 11.2. The highest BCUT2D eigenvalue weighted by Gasteiger charge is 2.14. The molecule has 7 nitrogen and oxygen atoms in total. The highest BCUT2D eigenvalue weighted by Crippen LogP contribution is 2.32. The van der Waals surface area contributed by atoms with Gasteiger partial charge in [0.1, 0.15) is 5.82 Å². The molecule has 0 atom stereocenters. The van der Waals surface area contributed by atoms with Gasteiger partial charge in [-0.2, -0.15) is 4.68 Å². The second-order valence-electron chi connectivity index (χ2n) is 6.75. The molecule has 1 aromatic heterocycles. The Kier molecular flexibility index (Phi) is 8.13. The van der Waals surface area contributed by atoms with E-state index in [9.17, 15) is 4.39 Å². The highest BCUT2D eigenvalue weighted by atomic mass is 35.5. The lowest BCUT2D eigenvalue weighted by Crippen LogP contribution is -2.12. The lowest BCUT2D eigenvalue weighted by molar-refractivity contribution is 0.315. The third kappa shape index (κ3) is 5.81. The predicted octanol–water partition coefficient (Wildman–Crippen LogP) is 4.70. The van der Waals surface area contributed by atoms with Crippen molar-refractivity contribution in [1.82, 2.24) is 25.5 Å². The van der Waals surface area contributed by atoms with Crippen molar-refractivity contribution in [2.75, 3.05) is 6.61 Å². The number of rotatable bonds is 9. The van der Waals surface area contributed by atoms with E-state index in [2.05, 4.69) is 20.8 Å². The molecule has 0 aliphatic carbocycles. The Balaban J connectivity index is 0.00000289. The number of benzene rings is 3. The predicted molar refractivity (Wildman–Crippen MR) is 121 cm³/mol. The third-order valence-electron chi connectivity index (χ3n) is 4.52. The first-order valence-corrected chi connectivity index (χ1v) is 9.95. The van der Waals surface area contributed by atoms with Gasteiger partial charge in [0.05, 0.1) is 12.3 Å². The molecule has 0 fully saturated rings. The van der Waals surface area contributed by atoms with Crippen molar-refractivity contribution in [1.29, 1.82) is 0 Å². The van der Waals surface area contributed by atoms with Gasteiger partial charge in [-0.1, -0.05) is 41.5 Å². The van der Waals surface area contributed by atoms with Gasteiger partial charge in [0, 0.05) is 13.1 Å². The fourth-order valence-corrected chi connectivity index (χ4v) is 3.04. The number of nitrogens with zero attached hydrogens (tertiary/aromatic N) is 4. The molecule has 4 aromatic rings. The number of tetrazole rings is 1. The standard InChI is InChI=1S/C23H22FN5O2.ClH/c1-2-30-22-14-18(16-25-15-17-8-11-19(24)12-9-17)10-13-21(22)31-23-26-27-28-29(23)20-6-4-3-5-7-20;/h3-14,25H,2,15-16H2,1H3;1H. The molecule has 0 spiro atoms. The van der Waals surface area contributed by atoms with E-state index in [1.807, 2.05) is 55.5 Å². The van der Waals surface area contributed by atoms with E-state index < -0.39 is 0 Å². The maximum Gasteiger partial charge on any atom is 0.346 e. The largest absolute Gasteiger partial charge is 0.490 e. The molecular formula is C23H23ClFN5O2. The van der Waals surface area contributed by atoms with E-state index in [1.54, 1.807) is 12.1 Å². The van der Waals surface area contributed by atoms with E-state index in [0.717, 1.165) is 16.8 Å². The summed E-state index contributed by atoms with van der Waals surface area (Å²) in [4.78, 5) is 0. The van der Waals surface area contributed by atoms with Crippen LogP contribution in [0.2, 0.25) is 0 Å². The van der Waals surface area contributed by atoms with Gasteiger partial charge in [-0.25, -0.2) is 4.39 Å². The van der Waals surface area contributed by atoms with Crippen LogP contribution in [-0.4, -0.2) is 26.8 Å². The van der Waals surface area contributed by atoms with Crippen LogP contribution in [0.5, 0.6) is 17.5 Å². The van der Waals surface area contributed by atoms with Gasteiger partial charge in [0.2, 0.25) is 0 Å². The zero-order valence-electron chi connectivity index (χ0n) is 17.4. The minimum Gasteiger partial charge on any atom is -0.490 e. The summed E-state index contributed by atoms with van der Waals surface area (Å²) in [6, 6.07) is 21.9. The number of hydrogen-bond acceptors (Lipinski definition) is 6. The summed E-state index contributed by atoms with van der Waals surface area (Å²) in [6.45, 7) is 3.66. The molecule has 166 valence electrons. The van der Waals surface area contributed by atoms with E-state index in [0.29, 0.717) is 31.2 Å². The molecule has 0 radical (unpaired) electrons. The van der Waals surface area contributed by atoms with E-state index in [4.69, 9.17) is 9.47 Å². The van der Waals surface area contributed by atoms with Crippen LogP contribution in [-0.2, 0) is 13.1 Å². The van der Waals surface area contributed by atoms with Crippen molar-refractivity contribution in [3.63, 3.8) is 0 Å². The summed E-state index contributed by atoms with van der Waals surface area (Å²) in [7, 11) is 0. The fourth-order valence-electron chi connectivity index (χ4n) is 3.04. The van der Waals surface area contributed by atoms with Crippen molar-refractivity contribution in [3.8, 4) is 23.2 Å². The zero-order chi connectivity index (χ0) is 21.5. The Morgan fingerprint density at radius 3 is 2.38 bits per heavy atom. The Morgan fingerprint density at radius 1 is 0.906 bits per heavy atom. The first-order chi connectivity index (χ1) is 15.2. The lowest BCUT2D eigenvalue weighted by atomic mass is 10.2. The third-order valence-corrected chi connectivity index (χ3v) is 4.52. The maximum atomic E-state index is 13.0. The minimum atomic E-state index is -0.237. The van der Waals surface area contributed by atoms with Gasteiger partial charge in [-0.3, -0.25) is 0 Å². The van der Waals surface area contributed by atoms with Crippen LogP contribution in [0, 0.1) is 5.82 Å². The summed E-state index contributed by atoms with van der Waals surface area (Å²) in [5.74, 6) is 0.890. The summed E-state index contributed by atoms with van der Waals surface area (Å²) in [5, 5.41) is 15.1. The first-order valence-electron chi connectivity index (χ1n) is 9.95. The fraction of sp³-hybridized carbons (Fsp3) is 0.174. The van der Waals surface area contributed by atoms with Crippen LogP contribution >= 0.6 is 12.4 Å². The smallest absolute Gasteiger partial charge is 0.346 e. The highest BCUT2D eigenvalue weighted by molar-refractivity contribution is 5.85. The van der Waals surface area contributed by atoms with Crippen molar-refractivity contribution in [2.45, 2.75) is 20.0 Å². The zero-order valence-corrected chi connectivity index (χ0v) is 18.3. The number of aromatic nitrogens is 4. The van der Waals surface area contributed by atoms with Gasteiger partial charge in [-0.15, -0.1) is 12.4 Å². The SMILES string of the molecule is CCOc1cc(CNCc2ccc(F)cc2)ccc1Oc1nnnn1-c1ccccc1.Cl. The summed E-state index contributed by atoms with van der Waals surface area (Å²) >= 11 is 0. The minimum absolute atomic E-state index is 0. The molecule has 1 heterocycles. The molecule has 0 bridgehead atoms. The van der Waals surface area contributed by atoms with Crippen molar-refractivity contribution >= 4 is 12.4 Å². The quantitative estimate of drug-likeness (QED) is 0.394. The molecule has 0 aliphatic heterocycles. The molecule has 3 aromatic carbocycles. The molecule has 1 N–H and O–H groups in total. The van der Waals surface area contributed by atoms with Gasteiger partial charge >= 0.3 is 6.01 Å². The number of para-hydroxylation sites is 1. The average molecular weight is 456 g/mol. The van der Waals surface area contributed by atoms with Crippen LogP contribution in [0.25, 0.3) is 5.69 Å². The topological polar surface area (TPSA) is 74.1 Å². The molecule has 0 unspecified atom stereocenters. The Bertz CT molecular complexity index is 1120. The molecular weight excluding hydrogens is 433 g/mol. The van der Waals surface area contributed by atoms with Crippen LogP contribution in [0.15, 0.2) is 72.8 Å². The maximum absolute atomic E-state index is 13.0. The first kappa shape index (κ1) is 23.2. The van der Waals surface area contributed by atoms with Crippen molar-refractivity contribution in [3.05, 3.63) is 89.7 Å². The summed E-state index contributed by atoms with van der Waals surface area (Å²) in [5.41, 5.74) is 2.83. The molecule has 0 aliphatic rings. The molecule has 32 heavy (non-hydrogen) atoms. The van der Waals surface area contributed by atoms with E-state index in [-0.39, 0.29) is 24.2 Å². The normalized spacial score (nSPS) is 10.4. The van der Waals surface area contributed by atoms with Crippen molar-refractivity contribution in [2.24, 2.45) is 0 Å². The van der Waals surface area contributed by atoms with Crippen LogP contribution in [0.3, 0.4) is 0 Å². The summed E-state index contributed by atoms with van der Waals surface area (Å²) < 4.78 is 26.3. The van der Waals surface area contributed by atoms with Crippen LogP contribution in [0.1, 0.15) is 18.1 Å². The molecule has 0 saturated carbocycles. The van der Waals surface area contributed by atoms with Gasteiger partial charge in [0.25, 0.3) is 0 Å². The van der Waals surface area contributed by atoms with Crippen molar-refractivity contribution < 1.29 is 13.9 Å². The van der Waals surface area contributed by atoms with Gasteiger partial charge < -0.3 is 14.8 Å². The van der Waals surface area contributed by atoms with E-state index >= 15 is 0 Å². The van der Waals surface area contributed by atoms with Crippen LogP contribution < -0.4 is 14.8 Å². The van der Waals surface area contributed by atoms with Gasteiger partial charge in [0.15, 0.2) is 11.5 Å². The van der Waals surface area contributed by atoms with Gasteiger partial charge in [-0.05, 0) is 64.9 Å². The lowest BCUT2D eigenvalue weighted by Gasteiger charge is -2.13. The Hall–Kier alpha value is -3.49. The average Bonchev–Trinajstić information content (AvgIpc) is 3.26. The number of hydrogen-bond donors (Lipinski definition) is 1. The Morgan fingerprint density at radius 2 is 1.62 bits per heavy atom. The molecule has 9 heteroatoms. The number of nitrogens with one attached hydrogen (secondary N) is 1. The van der Waals surface area contributed by atoms with E-state index in [1.165, 1.54) is 16.8 Å². The van der Waals surface area contributed by atoms with Crippen LogP contribution in [0.4, 0.5) is 4.39 Å². The molecule has 0 saturated heterocycles. The number of ether oxygens (including phenoxy) is 2. The summed E-state index contributed by atoms with van der Waals surface area (Å²) in [6.07, 6.45) is 0.